The fourth-order valence-electron chi connectivity index (χ4n) is 1.81. The lowest BCUT2D eigenvalue weighted by molar-refractivity contribution is 0.386. The standard InChI is InChI=1S/C14H13F2NO2/c1-18-11-5-3-8(7-10(11)15)9-4-6-12(19-2)14(17)13(9)16/h3-7H,17H2,1-2H3. The molecule has 0 fully saturated rings. The first kappa shape index (κ1) is 13.1. The number of hydrogen-bond acceptors (Lipinski definition) is 3. The van der Waals surface area contributed by atoms with Crippen molar-refractivity contribution < 1.29 is 18.3 Å². The topological polar surface area (TPSA) is 44.5 Å². The van der Waals surface area contributed by atoms with Crippen LogP contribution in [-0.2, 0) is 0 Å². The molecule has 19 heavy (non-hydrogen) atoms. The van der Waals surface area contributed by atoms with Gasteiger partial charge in [-0.25, -0.2) is 8.78 Å². The third-order valence-corrected chi connectivity index (χ3v) is 2.82. The lowest BCUT2D eigenvalue weighted by Crippen LogP contribution is -1.98. The van der Waals surface area contributed by atoms with Crippen LogP contribution in [0.4, 0.5) is 14.5 Å². The van der Waals surface area contributed by atoms with Gasteiger partial charge in [-0.15, -0.1) is 0 Å². The Kier molecular flexibility index (Phi) is 3.55. The lowest BCUT2D eigenvalue weighted by atomic mass is 10.0. The summed E-state index contributed by atoms with van der Waals surface area (Å²) in [6.45, 7) is 0. The highest BCUT2D eigenvalue weighted by molar-refractivity contribution is 5.72. The maximum absolute atomic E-state index is 14.1. The monoisotopic (exact) mass is 265 g/mol. The van der Waals surface area contributed by atoms with Crippen LogP contribution in [0.1, 0.15) is 0 Å². The number of nitrogens with two attached hydrogens (primary N) is 1. The van der Waals surface area contributed by atoms with Crippen LogP contribution in [0.2, 0.25) is 0 Å². The summed E-state index contributed by atoms with van der Waals surface area (Å²) >= 11 is 0. The van der Waals surface area contributed by atoms with E-state index < -0.39 is 11.6 Å². The van der Waals surface area contributed by atoms with Gasteiger partial charge in [0.2, 0.25) is 0 Å². The normalized spacial score (nSPS) is 10.3. The van der Waals surface area contributed by atoms with Gasteiger partial charge in [0.15, 0.2) is 17.4 Å². The van der Waals surface area contributed by atoms with Crippen LogP contribution in [-0.4, -0.2) is 14.2 Å². The number of ether oxygens (including phenoxy) is 2. The van der Waals surface area contributed by atoms with Crippen LogP contribution in [0.15, 0.2) is 30.3 Å². The van der Waals surface area contributed by atoms with Gasteiger partial charge in [-0.3, -0.25) is 0 Å². The summed E-state index contributed by atoms with van der Waals surface area (Å²) in [7, 11) is 2.77. The van der Waals surface area contributed by atoms with Crippen molar-refractivity contribution in [3.05, 3.63) is 42.0 Å². The molecule has 2 rings (SSSR count). The molecule has 0 spiro atoms. The average molecular weight is 265 g/mol. The molecule has 3 nitrogen and oxygen atoms in total. The minimum atomic E-state index is -0.635. The van der Waals surface area contributed by atoms with Crippen LogP contribution >= 0.6 is 0 Å². The van der Waals surface area contributed by atoms with Gasteiger partial charge in [0, 0.05) is 5.56 Å². The predicted octanol–water partition coefficient (Wildman–Crippen LogP) is 3.23. The predicted molar refractivity (Wildman–Crippen MR) is 69.3 cm³/mol. The first-order valence-corrected chi connectivity index (χ1v) is 5.54. The number of benzene rings is 2. The van der Waals surface area contributed by atoms with Crippen molar-refractivity contribution in [1.82, 2.24) is 0 Å². The number of rotatable bonds is 3. The number of anilines is 1. The smallest absolute Gasteiger partial charge is 0.165 e. The Labute approximate surface area is 109 Å². The van der Waals surface area contributed by atoms with Gasteiger partial charge in [-0.05, 0) is 29.8 Å². The Morgan fingerprint density at radius 3 is 2.16 bits per heavy atom. The molecule has 0 heterocycles. The van der Waals surface area contributed by atoms with Crippen molar-refractivity contribution >= 4 is 5.69 Å². The molecule has 0 atom stereocenters. The molecule has 2 aromatic rings. The van der Waals surface area contributed by atoms with Crippen molar-refractivity contribution in [2.45, 2.75) is 0 Å². The van der Waals surface area contributed by atoms with Gasteiger partial charge < -0.3 is 15.2 Å². The molecule has 0 bridgehead atoms. The van der Waals surface area contributed by atoms with Crippen LogP contribution < -0.4 is 15.2 Å². The van der Waals surface area contributed by atoms with E-state index in [0.29, 0.717) is 5.56 Å². The van der Waals surface area contributed by atoms with Crippen LogP contribution in [0.3, 0.4) is 0 Å². The summed E-state index contributed by atoms with van der Waals surface area (Å²) in [5, 5.41) is 0. The quantitative estimate of drug-likeness (QED) is 0.866. The Morgan fingerprint density at radius 2 is 1.58 bits per heavy atom. The van der Waals surface area contributed by atoms with Gasteiger partial charge in [0.05, 0.1) is 14.2 Å². The molecule has 0 aliphatic carbocycles. The van der Waals surface area contributed by atoms with Gasteiger partial charge >= 0.3 is 0 Å². The van der Waals surface area contributed by atoms with E-state index >= 15 is 0 Å². The first-order valence-electron chi connectivity index (χ1n) is 5.54. The summed E-state index contributed by atoms with van der Waals surface area (Å²) in [6.07, 6.45) is 0. The van der Waals surface area contributed by atoms with E-state index in [1.807, 2.05) is 0 Å². The second-order valence-electron chi connectivity index (χ2n) is 3.89. The van der Waals surface area contributed by atoms with Gasteiger partial charge in [-0.2, -0.15) is 0 Å². The molecule has 0 aliphatic rings. The van der Waals surface area contributed by atoms with Crippen LogP contribution in [0.25, 0.3) is 11.1 Å². The molecule has 0 saturated heterocycles. The Bertz CT molecular complexity index is 615. The van der Waals surface area contributed by atoms with Gasteiger partial charge in [-0.1, -0.05) is 6.07 Å². The maximum Gasteiger partial charge on any atom is 0.165 e. The molecule has 0 aromatic heterocycles. The minimum Gasteiger partial charge on any atom is -0.494 e. The number of nitrogen functional groups attached to an aromatic ring is 1. The van der Waals surface area contributed by atoms with E-state index in [1.54, 1.807) is 6.07 Å². The van der Waals surface area contributed by atoms with E-state index in [4.69, 9.17) is 15.2 Å². The second-order valence-corrected chi connectivity index (χ2v) is 3.89. The fourth-order valence-corrected chi connectivity index (χ4v) is 1.81. The number of halogens is 2. The second kappa shape index (κ2) is 5.14. The molecule has 0 radical (unpaired) electrons. The van der Waals surface area contributed by atoms with Gasteiger partial charge in [0.25, 0.3) is 0 Å². The van der Waals surface area contributed by atoms with Crippen LogP contribution in [0.5, 0.6) is 11.5 Å². The van der Waals surface area contributed by atoms with Crippen molar-refractivity contribution in [3.63, 3.8) is 0 Å². The molecule has 0 aliphatic heterocycles. The summed E-state index contributed by atoms with van der Waals surface area (Å²) in [5.74, 6) is -0.849. The zero-order valence-corrected chi connectivity index (χ0v) is 10.5. The van der Waals surface area contributed by atoms with E-state index in [9.17, 15) is 8.78 Å². The maximum atomic E-state index is 14.1. The van der Waals surface area contributed by atoms with Crippen LogP contribution in [0, 0.1) is 11.6 Å². The Morgan fingerprint density at radius 1 is 0.947 bits per heavy atom. The Balaban J connectivity index is 2.53. The van der Waals surface area contributed by atoms with E-state index in [1.165, 1.54) is 38.5 Å². The van der Waals surface area contributed by atoms with Crippen molar-refractivity contribution in [2.24, 2.45) is 0 Å². The third-order valence-electron chi connectivity index (χ3n) is 2.82. The van der Waals surface area contributed by atoms with E-state index in [-0.39, 0.29) is 22.7 Å². The average Bonchev–Trinajstić information content (AvgIpc) is 2.41. The highest BCUT2D eigenvalue weighted by Gasteiger charge is 2.14. The molecule has 0 unspecified atom stereocenters. The summed E-state index contributed by atoms with van der Waals surface area (Å²) < 4.78 is 37.4. The lowest BCUT2D eigenvalue weighted by Gasteiger charge is -2.10. The zero-order valence-electron chi connectivity index (χ0n) is 10.5. The minimum absolute atomic E-state index is 0.101. The van der Waals surface area contributed by atoms with E-state index in [2.05, 4.69) is 0 Å². The SMILES string of the molecule is COc1ccc(-c2ccc(OC)c(N)c2F)cc1F. The number of methoxy groups -OCH3 is 2. The molecular formula is C14H13F2NO2. The highest BCUT2D eigenvalue weighted by Crippen LogP contribution is 2.34. The fraction of sp³-hybridized carbons (Fsp3) is 0.143. The highest BCUT2D eigenvalue weighted by atomic mass is 19.1. The molecule has 2 aromatic carbocycles. The largest absolute Gasteiger partial charge is 0.494 e. The molecular weight excluding hydrogens is 252 g/mol. The molecule has 100 valence electrons. The van der Waals surface area contributed by atoms with E-state index in [0.717, 1.165) is 0 Å². The summed E-state index contributed by atoms with van der Waals surface area (Å²) in [4.78, 5) is 0. The van der Waals surface area contributed by atoms with Crippen molar-refractivity contribution in [2.75, 3.05) is 20.0 Å². The first-order chi connectivity index (χ1) is 9.08. The summed E-state index contributed by atoms with van der Waals surface area (Å²) in [6, 6.07) is 7.22. The molecule has 5 heteroatoms. The molecule has 2 N–H and O–H groups in total. The van der Waals surface area contributed by atoms with Crippen molar-refractivity contribution in [1.29, 1.82) is 0 Å². The zero-order chi connectivity index (χ0) is 14.0. The summed E-state index contributed by atoms with van der Waals surface area (Å²) in [5.41, 5.74) is 6.09. The molecule has 0 saturated carbocycles. The number of hydrogen-bond donors (Lipinski definition) is 1. The molecule has 0 amide bonds. The third kappa shape index (κ3) is 2.31. The van der Waals surface area contributed by atoms with Gasteiger partial charge in [0.1, 0.15) is 11.4 Å². The Hall–Kier alpha value is -2.30. The van der Waals surface area contributed by atoms with Crippen molar-refractivity contribution in [3.8, 4) is 22.6 Å².